The Hall–Kier alpha value is -0.810. The summed E-state index contributed by atoms with van der Waals surface area (Å²) in [5.74, 6) is 0.984. The fourth-order valence-electron chi connectivity index (χ4n) is 3.33. The van der Waals surface area contributed by atoms with Crippen LogP contribution in [0.4, 0.5) is 0 Å². The molecule has 2 bridgehead atoms. The van der Waals surface area contributed by atoms with Crippen molar-refractivity contribution in [3.05, 3.63) is 35.4 Å². The molecule has 1 saturated carbocycles. The number of fused-ring (bicyclic) bond motifs is 3. The molecule has 0 aliphatic heterocycles. The lowest BCUT2D eigenvalue weighted by Gasteiger charge is -2.25. The van der Waals surface area contributed by atoms with Crippen LogP contribution >= 0.6 is 15.9 Å². The predicted octanol–water partition coefficient (Wildman–Crippen LogP) is 3.47. The van der Waals surface area contributed by atoms with Crippen LogP contribution in [0.2, 0.25) is 0 Å². The standard InChI is InChI=1S/C14H14BrN/c15-14(9-16)12-5-6-13(14)8-11-4-2-1-3-10(11)7-12/h1-4,12-13H,5-8H2. The molecule has 2 aliphatic carbocycles. The monoisotopic (exact) mass is 275 g/mol. The molecule has 0 heterocycles. The molecular weight excluding hydrogens is 262 g/mol. The maximum Gasteiger partial charge on any atom is 0.118 e. The van der Waals surface area contributed by atoms with Gasteiger partial charge in [-0.1, -0.05) is 40.2 Å². The zero-order valence-electron chi connectivity index (χ0n) is 9.12. The molecule has 0 aromatic heterocycles. The number of hydrogen-bond acceptors (Lipinski definition) is 1. The largest absolute Gasteiger partial charge is 0.197 e. The second kappa shape index (κ2) is 3.60. The van der Waals surface area contributed by atoms with Crippen LogP contribution in [0.25, 0.3) is 0 Å². The van der Waals surface area contributed by atoms with Crippen molar-refractivity contribution in [2.24, 2.45) is 11.8 Å². The summed E-state index contributed by atoms with van der Waals surface area (Å²) in [5, 5.41) is 9.44. The molecule has 1 nitrogen and oxygen atoms in total. The Kier molecular flexibility index (Phi) is 2.33. The van der Waals surface area contributed by atoms with Crippen LogP contribution < -0.4 is 0 Å². The summed E-state index contributed by atoms with van der Waals surface area (Å²) in [6.07, 6.45) is 4.51. The average Bonchev–Trinajstić information content (AvgIpc) is 2.52. The Morgan fingerprint density at radius 1 is 1.12 bits per heavy atom. The summed E-state index contributed by atoms with van der Waals surface area (Å²) in [6, 6.07) is 11.2. The number of alkyl halides is 1. The van der Waals surface area contributed by atoms with Crippen LogP contribution in [0.1, 0.15) is 24.0 Å². The smallest absolute Gasteiger partial charge is 0.118 e. The highest BCUT2D eigenvalue weighted by Crippen LogP contribution is 2.51. The Morgan fingerprint density at radius 2 is 1.62 bits per heavy atom. The molecule has 1 fully saturated rings. The van der Waals surface area contributed by atoms with Crippen molar-refractivity contribution in [2.45, 2.75) is 30.0 Å². The van der Waals surface area contributed by atoms with E-state index in [4.69, 9.17) is 0 Å². The highest BCUT2D eigenvalue weighted by Gasteiger charge is 2.50. The molecule has 1 aromatic rings. The SMILES string of the molecule is N#CC1(Br)C2CCC1Cc1ccccc1C2. The molecule has 82 valence electrons. The van der Waals surface area contributed by atoms with E-state index in [-0.39, 0.29) is 4.32 Å². The lowest BCUT2D eigenvalue weighted by Crippen LogP contribution is -2.31. The fraction of sp³-hybridized carbons (Fsp3) is 0.500. The minimum atomic E-state index is -0.272. The minimum Gasteiger partial charge on any atom is -0.197 e. The molecule has 3 rings (SSSR count). The quantitative estimate of drug-likeness (QED) is 0.666. The van der Waals surface area contributed by atoms with Crippen molar-refractivity contribution in [3.63, 3.8) is 0 Å². The van der Waals surface area contributed by atoms with Gasteiger partial charge >= 0.3 is 0 Å². The number of nitriles is 1. The van der Waals surface area contributed by atoms with E-state index in [0.29, 0.717) is 11.8 Å². The normalized spacial score (nSPS) is 36.2. The van der Waals surface area contributed by atoms with Crippen LogP contribution in [0.3, 0.4) is 0 Å². The van der Waals surface area contributed by atoms with Crippen LogP contribution in [0, 0.1) is 23.2 Å². The zero-order chi connectivity index (χ0) is 11.2. The summed E-state index contributed by atoms with van der Waals surface area (Å²) in [6.45, 7) is 0. The number of nitrogens with zero attached hydrogens (tertiary/aromatic N) is 1. The molecule has 2 unspecified atom stereocenters. The van der Waals surface area contributed by atoms with E-state index in [0.717, 1.165) is 12.8 Å². The van der Waals surface area contributed by atoms with Gasteiger partial charge in [0.25, 0.3) is 0 Å². The first kappa shape index (κ1) is 10.4. The third-order valence-corrected chi connectivity index (χ3v) is 5.75. The summed E-state index contributed by atoms with van der Waals surface area (Å²) < 4.78 is -0.272. The highest BCUT2D eigenvalue weighted by molar-refractivity contribution is 9.10. The van der Waals surface area contributed by atoms with Gasteiger partial charge in [-0.2, -0.15) is 5.26 Å². The van der Waals surface area contributed by atoms with Crippen molar-refractivity contribution >= 4 is 15.9 Å². The lowest BCUT2D eigenvalue weighted by atomic mass is 9.89. The van der Waals surface area contributed by atoms with Gasteiger partial charge < -0.3 is 0 Å². The van der Waals surface area contributed by atoms with Crippen LogP contribution in [0.15, 0.2) is 24.3 Å². The maximum atomic E-state index is 9.44. The van der Waals surface area contributed by atoms with Crippen LogP contribution in [0.5, 0.6) is 0 Å². The van der Waals surface area contributed by atoms with E-state index in [1.807, 2.05) is 0 Å². The van der Waals surface area contributed by atoms with Crippen LogP contribution in [-0.2, 0) is 12.8 Å². The van der Waals surface area contributed by atoms with E-state index < -0.39 is 0 Å². The van der Waals surface area contributed by atoms with E-state index in [2.05, 4.69) is 46.3 Å². The Morgan fingerprint density at radius 3 is 2.06 bits per heavy atom. The van der Waals surface area contributed by atoms with Crippen molar-refractivity contribution < 1.29 is 0 Å². The van der Waals surface area contributed by atoms with Gasteiger partial charge in [0.05, 0.1) is 6.07 Å². The van der Waals surface area contributed by atoms with Gasteiger partial charge in [0.15, 0.2) is 0 Å². The van der Waals surface area contributed by atoms with E-state index in [1.54, 1.807) is 0 Å². The van der Waals surface area contributed by atoms with Gasteiger partial charge in [0, 0.05) is 0 Å². The fourth-order valence-corrected chi connectivity index (χ4v) is 4.11. The third-order valence-electron chi connectivity index (χ3n) is 4.27. The number of rotatable bonds is 0. The first-order valence-corrected chi connectivity index (χ1v) is 6.70. The molecule has 0 radical (unpaired) electrons. The van der Waals surface area contributed by atoms with Crippen molar-refractivity contribution in [1.29, 1.82) is 5.26 Å². The number of benzene rings is 1. The lowest BCUT2D eigenvalue weighted by molar-refractivity contribution is 0.454. The first-order chi connectivity index (χ1) is 7.74. The molecular formula is C14H14BrN. The molecule has 2 heteroatoms. The summed E-state index contributed by atoms with van der Waals surface area (Å²) in [5.41, 5.74) is 2.91. The van der Waals surface area contributed by atoms with Crippen molar-refractivity contribution in [2.75, 3.05) is 0 Å². The van der Waals surface area contributed by atoms with Gasteiger partial charge in [0.1, 0.15) is 4.32 Å². The molecule has 1 aromatic carbocycles. The first-order valence-electron chi connectivity index (χ1n) is 5.91. The van der Waals surface area contributed by atoms with Gasteiger partial charge in [-0.25, -0.2) is 0 Å². The molecule has 16 heavy (non-hydrogen) atoms. The van der Waals surface area contributed by atoms with Gasteiger partial charge in [-0.05, 0) is 48.6 Å². The van der Waals surface area contributed by atoms with Crippen molar-refractivity contribution in [3.8, 4) is 6.07 Å². The van der Waals surface area contributed by atoms with Gasteiger partial charge in [0.2, 0.25) is 0 Å². The Labute approximate surface area is 105 Å². The Bertz CT molecular complexity index is 427. The Balaban J connectivity index is 2.07. The summed E-state index contributed by atoms with van der Waals surface area (Å²) >= 11 is 3.74. The van der Waals surface area contributed by atoms with Gasteiger partial charge in [-0.15, -0.1) is 0 Å². The second-order valence-electron chi connectivity index (χ2n) is 5.03. The minimum absolute atomic E-state index is 0.272. The summed E-state index contributed by atoms with van der Waals surface area (Å²) in [7, 11) is 0. The average molecular weight is 276 g/mol. The van der Waals surface area contributed by atoms with E-state index >= 15 is 0 Å². The number of hydrogen-bond donors (Lipinski definition) is 0. The topological polar surface area (TPSA) is 23.8 Å². The molecule has 2 aliphatic rings. The molecule has 0 saturated heterocycles. The molecule has 2 atom stereocenters. The molecule has 0 spiro atoms. The molecule has 0 amide bonds. The zero-order valence-corrected chi connectivity index (χ0v) is 10.7. The van der Waals surface area contributed by atoms with Gasteiger partial charge in [-0.3, -0.25) is 0 Å². The summed E-state index contributed by atoms with van der Waals surface area (Å²) in [4.78, 5) is 0. The molecule has 0 N–H and O–H groups in total. The van der Waals surface area contributed by atoms with Crippen molar-refractivity contribution in [1.82, 2.24) is 0 Å². The van der Waals surface area contributed by atoms with E-state index in [9.17, 15) is 5.26 Å². The second-order valence-corrected chi connectivity index (χ2v) is 6.34. The highest BCUT2D eigenvalue weighted by atomic mass is 79.9. The third kappa shape index (κ3) is 1.34. The maximum absolute atomic E-state index is 9.44. The van der Waals surface area contributed by atoms with Crippen LogP contribution in [-0.4, -0.2) is 4.32 Å². The number of halogens is 1. The van der Waals surface area contributed by atoms with E-state index in [1.165, 1.54) is 24.0 Å². The predicted molar refractivity (Wildman–Crippen MR) is 67.3 cm³/mol.